The van der Waals surface area contributed by atoms with E-state index in [1.165, 1.54) is 28.0 Å². The molecule has 7 nitrogen and oxygen atoms in total. The fraction of sp³-hybridized carbons (Fsp3) is 0.421. The summed E-state index contributed by atoms with van der Waals surface area (Å²) in [6, 6.07) is 6.54. The molecule has 0 unspecified atom stereocenters. The molecule has 30 heavy (non-hydrogen) atoms. The minimum absolute atomic E-state index is 0.0392. The third-order valence-corrected chi connectivity index (χ3v) is 8.61. The molecule has 11 heteroatoms. The van der Waals surface area contributed by atoms with Gasteiger partial charge < -0.3 is 9.64 Å². The van der Waals surface area contributed by atoms with Crippen molar-refractivity contribution in [2.24, 2.45) is 0 Å². The molecule has 2 aromatic rings. The van der Waals surface area contributed by atoms with Crippen molar-refractivity contribution in [2.75, 3.05) is 24.7 Å². The topological polar surface area (TPSA) is 93.6 Å². The van der Waals surface area contributed by atoms with Crippen LogP contribution in [0.5, 0.6) is 0 Å². The van der Waals surface area contributed by atoms with Gasteiger partial charge in [-0.3, -0.25) is 4.79 Å². The molecular formula is C19H21ClN2O5S3. The quantitative estimate of drug-likeness (QED) is 0.524. The highest BCUT2D eigenvalue weighted by Crippen LogP contribution is 2.33. The van der Waals surface area contributed by atoms with Crippen molar-refractivity contribution in [1.29, 1.82) is 0 Å². The molecule has 0 spiro atoms. The van der Waals surface area contributed by atoms with Gasteiger partial charge in [0, 0.05) is 22.9 Å². The Morgan fingerprint density at radius 2 is 2.13 bits per heavy atom. The SMILES string of the molecule is CCCN(C(=O)COC(=O)c1ccccc1Sc1nc(Cl)cs1)[C@@H]1CCS(=O)(=O)C1. The van der Waals surface area contributed by atoms with Crippen molar-refractivity contribution in [2.45, 2.75) is 35.0 Å². The molecule has 1 saturated heterocycles. The van der Waals surface area contributed by atoms with Crippen molar-refractivity contribution < 1.29 is 22.7 Å². The van der Waals surface area contributed by atoms with Gasteiger partial charge in [0.25, 0.3) is 5.91 Å². The lowest BCUT2D eigenvalue weighted by Gasteiger charge is -2.27. The number of hydrogen-bond donors (Lipinski definition) is 0. The number of carbonyl (C=O) groups excluding carboxylic acids is 2. The van der Waals surface area contributed by atoms with Crippen molar-refractivity contribution >= 4 is 56.4 Å². The van der Waals surface area contributed by atoms with E-state index in [2.05, 4.69) is 4.98 Å². The van der Waals surface area contributed by atoms with Gasteiger partial charge >= 0.3 is 5.97 Å². The van der Waals surface area contributed by atoms with Crippen LogP contribution in [0.15, 0.2) is 38.9 Å². The number of carbonyl (C=O) groups is 2. The Morgan fingerprint density at radius 3 is 2.77 bits per heavy atom. The van der Waals surface area contributed by atoms with Gasteiger partial charge in [-0.1, -0.05) is 42.4 Å². The molecule has 0 radical (unpaired) electrons. The standard InChI is InChI=1S/C19H21ClN2O5S3/c1-2-8-22(13-7-9-30(25,26)12-13)17(23)10-27-18(24)14-5-3-4-6-15(14)29-19-21-16(20)11-28-19/h3-6,11,13H,2,7-10,12H2,1H3/t13-/m1/s1. The molecule has 0 N–H and O–H groups in total. The van der Waals surface area contributed by atoms with Crippen LogP contribution in [0.2, 0.25) is 5.15 Å². The fourth-order valence-electron chi connectivity index (χ4n) is 3.17. The summed E-state index contributed by atoms with van der Waals surface area (Å²) in [5.74, 6) is -0.965. The maximum atomic E-state index is 12.7. The van der Waals surface area contributed by atoms with E-state index in [0.717, 1.165) is 0 Å². The maximum absolute atomic E-state index is 12.7. The first kappa shape index (κ1) is 23.1. The van der Waals surface area contributed by atoms with Crippen molar-refractivity contribution in [3.8, 4) is 0 Å². The van der Waals surface area contributed by atoms with Crippen molar-refractivity contribution in [3.63, 3.8) is 0 Å². The van der Waals surface area contributed by atoms with Gasteiger partial charge in [0.1, 0.15) is 5.15 Å². The number of nitrogens with zero attached hydrogens (tertiary/aromatic N) is 2. The zero-order valence-corrected chi connectivity index (χ0v) is 19.5. The van der Waals surface area contributed by atoms with Crippen LogP contribution >= 0.6 is 34.7 Å². The van der Waals surface area contributed by atoms with Gasteiger partial charge in [-0.05, 0) is 25.0 Å². The Morgan fingerprint density at radius 1 is 1.37 bits per heavy atom. The van der Waals surface area contributed by atoms with Gasteiger partial charge in [0.05, 0.1) is 17.1 Å². The molecule has 1 atom stereocenters. The molecular weight excluding hydrogens is 468 g/mol. The lowest BCUT2D eigenvalue weighted by molar-refractivity contribution is -0.136. The van der Waals surface area contributed by atoms with Crippen LogP contribution in [-0.4, -0.2) is 60.9 Å². The average molecular weight is 489 g/mol. The normalized spacial score (nSPS) is 17.6. The number of ether oxygens (including phenoxy) is 1. The van der Waals surface area contributed by atoms with Crippen LogP contribution in [0.4, 0.5) is 0 Å². The first-order chi connectivity index (χ1) is 14.3. The molecule has 0 bridgehead atoms. The molecule has 1 aromatic carbocycles. The number of halogens is 1. The van der Waals surface area contributed by atoms with E-state index in [-0.39, 0.29) is 23.5 Å². The molecule has 1 fully saturated rings. The Hall–Kier alpha value is -1.62. The number of thiazole rings is 1. The zero-order chi connectivity index (χ0) is 21.7. The van der Waals surface area contributed by atoms with E-state index in [9.17, 15) is 18.0 Å². The van der Waals surface area contributed by atoms with Crippen LogP contribution in [0.25, 0.3) is 0 Å². The minimum atomic E-state index is -3.12. The van der Waals surface area contributed by atoms with E-state index in [1.807, 2.05) is 6.92 Å². The predicted octanol–water partition coefficient (Wildman–Crippen LogP) is 3.53. The summed E-state index contributed by atoms with van der Waals surface area (Å²) in [5.41, 5.74) is 0.326. The van der Waals surface area contributed by atoms with Crippen LogP contribution < -0.4 is 0 Å². The van der Waals surface area contributed by atoms with E-state index < -0.39 is 22.4 Å². The number of esters is 1. The molecule has 0 saturated carbocycles. The summed E-state index contributed by atoms with van der Waals surface area (Å²) in [6.45, 7) is 1.90. The minimum Gasteiger partial charge on any atom is -0.452 e. The molecule has 162 valence electrons. The van der Waals surface area contributed by atoms with Gasteiger partial charge in [-0.25, -0.2) is 18.2 Å². The highest BCUT2D eigenvalue weighted by Gasteiger charge is 2.34. The molecule has 2 heterocycles. The summed E-state index contributed by atoms with van der Waals surface area (Å²) < 4.78 is 29.5. The number of rotatable bonds is 8. The number of benzene rings is 1. The van der Waals surface area contributed by atoms with Crippen LogP contribution in [0, 0.1) is 0 Å². The third kappa shape index (κ3) is 5.96. The molecule has 3 rings (SSSR count). The Labute approximate surface area is 188 Å². The second kappa shape index (κ2) is 10.1. The van der Waals surface area contributed by atoms with Gasteiger partial charge in [0.15, 0.2) is 20.8 Å². The highest BCUT2D eigenvalue weighted by molar-refractivity contribution is 8.01. The maximum Gasteiger partial charge on any atom is 0.339 e. The summed E-state index contributed by atoms with van der Waals surface area (Å²) >= 11 is 8.51. The average Bonchev–Trinajstić information content (AvgIpc) is 3.28. The summed E-state index contributed by atoms with van der Waals surface area (Å²) in [7, 11) is -3.12. The molecule has 1 amide bonds. The van der Waals surface area contributed by atoms with E-state index in [0.29, 0.717) is 39.3 Å². The number of hydrogen-bond acceptors (Lipinski definition) is 8. The largest absolute Gasteiger partial charge is 0.452 e. The van der Waals surface area contributed by atoms with Gasteiger partial charge in [-0.2, -0.15) is 0 Å². The number of aromatic nitrogens is 1. The zero-order valence-electron chi connectivity index (χ0n) is 16.2. The van der Waals surface area contributed by atoms with Gasteiger partial charge in [-0.15, -0.1) is 11.3 Å². The molecule has 0 aliphatic carbocycles. The third-order valence-electron chi connectivity index (χ3n) is 4.52. The van der Waals surface area contributed by atoms with E-state index >= 15 is 0 Å². The fourth-order valence-corrected chi connectivity index (χ4v) is 6.96. The number of amides is 1. The first-order valence-corrected chi connectivity index (χ1v) is 13.2. The van der Waals surface area contributed by atoms with Crippen LogP contribution in [0.3, 0.4) is 0 Å². The lowest BCUT2D eigenvalue weighted by Crippen LogP contribution is -2.43. The van der Waals surface area contributed by atoms with Crippen molar-refractivity contribution in [3.05, 3.63) is 40.4 Å². The summed E-state index contributed by atoms with van der Waals surface area (Å²) in [5, 5.41) is 2.09. The Kier molecular flexibility index (Phi) is 7.78. The second-order valence-corrected chi connectivity index (χ2v) is 11.5. The Balaban J connectivity index is 1.65. The monoisotopic (exact) mass is 488 g/mol. The predicted molar refractivity (Wildman–Crippen MR) is 117 cm³/mol. The highest BCUT2D eigenvalue weighted by atomic mass is 35.5. The molecule has 1 aliphatic heterocycles. The van der Waals surface area contributed by atoms with E-state index in [1.54, 1.807) is 29.6 Å². The molecule has 1 aromatic heterocycles. The van der Waals surface area contributed by atoms with Crippen LogP contribution in [0.1, 0.15) is 30.1 Å². The van der Waals surface area contributed by atoms with Crippen LogP contribution in [-0.2, 0) is 19.4 Å². The second-order valence-electron chi connectivity index (χ2n) is 6.75. The summed E-state index contributed by atoms with van der Waals surface area (Å²) in [6.07, 6.45) is 1.10. The Bertz CT molecular complexity index is 1020. The van der Waals surface area contributed by atoms with Gasteiger partial charge in [0.2, 0.25) is 0 Å². The molecule has 1 aliphatic rings. The number of sulfone groups is 1. The summed E-state index contributed by atoms with van der Waals surface area (Å²) in [4.78, 5) is 31.6. The first-order valence-electron chi connectivity index (χ1n) is 9.34. The smallest absolute Gasteiger partial charge is 0.339 e. The van der Waals surface area contributed by atoms with Crippen molar-refractivity contribution in [1.82, 2.24) is 9.88 Å². The lowest BCUT2D eigenvalue weighted by atomic mass is 10.2. The van der Waals surface area contributed by atoms with E-state index in [4.69, 9.17) is 16.3 Å².